The second kappa shape index (κ2) is 10.7. The quantitative estimate of drug-likeness (QED) is 0.409. The molecule has 0 aromatic heterocycles. The molecule has 0 fully saturated rings. The Morgan fingerprint density at radius 3 is 1.75 bits per heavy atom. The topological polar surface area (TPSA) is 40.2 Å². The maximum absolute atomic E-state index is 5.70. The van der Waals surface area contributed by atoms with E-state index in [1.54, 1.807) is 14.2 Å². The zero-order valence-electron chi connectivity index (χ0n) is 14.3. The van der Waals surface area contributed by atoms with Gasteiger partial charge < -0.3 is 18.3 Å². The zero-order chi connectivity index (χ0) is 15.6. The van der Waals surface area contributed by atoms with Gasteiger partial charge in [0, 0.05) is 34.0 Å². The Kier molecular flexibility index (Phi) is 10.7. The van der Waals surface area contributed by atoms with Gasteiger partial charge in [-0.15, -0.1) is 0 Å². The highest BCUT2D eigenvalue weighted by atomic mass is 28.4. The molecule has 0 saturated carbocycles. The molecule has 20 heavy (non-hydrogen) atoms. The first-order valence-corrected chi connectivity index (χ1v) is 10.1. The monoisotopic (exact) mass is 307 g/mol. The van der Waals surface area contributed by atoms with Crippen LogP contribution in [-0.4, -0.2) is 59.9 Å². The fourth-order valence-corrected chi connectivity index (χ4v) is 3.58. The van der Waals surface area contributed by atoms with Crippen LogP contribution in [0.2, 0.25) is 12.6 Å². The van der Waals surface area contributed by atoms with Crippen molar-refractivity contribution in [2.24, 2.45) is 0 Å². The Hall–Kier alpha value is 0.0169. The second-order valence-corrected chi connectivity index (χ2v) is 8.58. The van der Waals surface area contributed by atoms with E-state index in [4.69, 9.17) is 18.3 Å². The minimum atomic E-state index is -1.98. The molecule has 0 amide bonds. The average Bonchev–Trinajstić information content (AvgIpc) is 2.43. The number of ether oxygens (including phenoxy) is 2. The normalized spacial score (nSPS) is 15.6. The third-order valence-corrected chi connectivity index (χ3v) is 6.65. The fourth-order valence-electron chi connectivity index (χ4n) is 2.20. The number of hydrogen-bond donors (Lipinski definition) is 0. The number of nitrogens with zero attached hydrogens (tertiary/aromatic N) is 1. The van der Waals surface area contributed by atoms with Gasteiger partial charge in [-0.05, 0) is 46.7 Å². The summed E-state index contributed by atoms with van der Waals surface area (Å²) >= 11 is 0. The molecule has 0 rings (SSSR count). The lowest BCUT2D eigenvalue weighted by molar-refractivity contribution is -0.136. The highest BCUT2D eigenvalue weighted by molar-refractivity contribution is 6.65. The van der Waals surface area contributed by atoms with E-state index in [-0.39, 0.29) is 12.5 Å². The minimum absolute atomic E-state index is 0.0552. The molecule has 5 nitrogen and oxygen atoms in total. The second-order valence-electron chi connectivity index (χ2n) is 4.99. The molecule has 0 aliphatic rings. The highest BCUT2D eigenvalue weighted by Gasteiger charge is 2.29. The summed E-state index contributed by atoms with van der Waals surface area (Å²) in [6, 6.07) is 0.966. The zero-order valence-corrected chi connectivity index (χ0v) is 15.3. The molecule has 122 valence electrons. The van der Waals surface area contributed by atoms with E-state index in [0.29, 0.717) is 13.2 Å². The van der Waals surface area contributed by atoms with Crippen LogP contribution >= 0.6 is 0 Å². The highest BCUT2D eigenvalue weighted by Crippen LogP contribution is 2.16. The van der Waals surface area contributed by atoms with Crippen molar-refractivity contribution in [3.63, 3.8) is 0 Å². The Balaban J connectivity index is 4.42. The lowest BCUT2D eigenvalue weighted by Crippen LogP contribution is -2.45. The van der Waals surface area contributed by atoms with E-state index in [1.807, 2.05) is 13.8 Å². The first kappa shape index (κ1) is 20.0. The van der Waals surface area contributed by atoms with E-state index in [1.165, 1.54) is 0 Å². The molecule has 0 radical (unpaired) electrons. The van der Waals surface area contributed by atoms with Gasteiger partial charge in [0.1, 0.15) is 12.5 Å². The summed E-state index contributed by atoms with van der Waals surface area (Å²) < 4.78 is 22.4. The van der Waals surface area contributed by atoms with E-state index in [9.17, 15) is 0 Å². The maximum Gasteiger partial charge on any atom is 0.334 e. The van der Waals surface area contributed by atoms with Gasteiger partial charge in [-0.3, -0.25) is 4.90 Å². The van der Waals surface area contributed by atoms with Crippen LogP contribution in [0.25, 0.3) is 0 Å². The Morgan fingerprint density at radius 2 is 1.40 bits per heavy atom. The van der Waals surface area contributed by atoms with Crippen molar-refractivity contribution in [3.8, 4) is 0 Å². The number of hydrogen-bond acceptors (Lipinski definition) is 5. The molecule has 2 unspecified atom stereocenters. The van der Waals surface area contributed by atoms with E-state index < -0.39 is 8.56 Å². The van der Waals surface area contributed by atoms with Crippen molar-refractivity contribution < 1.29 is 18.3 Å². The van der Waals surface area contributed by atoms with Crippen LogP contribution in [0.3, 0.4) is 0 Å². The first-order valence-electron chi connectivity index (χ1n) is 7.53. The molecule has 6 heteroatoms. The van der Waals surface area contributed by atoms with Gasteiger partial charge in [0.05, 0.1) is 0 Å². The molecule has 0 aliphatic heterocycles. The lowest BCUT2D eigenvalue weighted by atomic mass is 10.3. The maximum atomic E-state index is 5.70. The smallest absolute Gasteiger partial charge is 0.334 e. The summed E-state index contributed by atoms with van der Waals surface area (Å²) in [5.41, 5.74) is 0. The van der Waals surface area contributed by atoms with Gasteiger partial charge in [-0.2, -0.15) is 0 Å². The molecule has 0 saturated heterocycles. The first-order chi connectivity index (χ1) is 9.44. The van der Waals surface area contributed by atoms with E-state index >= 15 is 0 Å². The standard InChI is InChI=1S/C14H33NO4Si/c1-8-18-13(3)15(14(4)19-9-2)11-10-12-20(7,16-5)17-6/h13-14H,8-12H2,1-7H3. The van der Waals surface area contributed by atoms with Crippen molar-refractivity contribution in [1.82, 2.24) is 4.90 Å². The van der Waals surface area contributed by atoms with Crippen molar-refractivity contribution in [2.45, 2.75) is 59.2 Å². The van der Waals surface area contributed by atoms with Crippen LogP contribution in [0.5, 0.6) is 0 Å². The molecule has 0 spiro atoms. The third kappa shape index (κ3) is 7.15. The summed E-state index contributed by atoms with van der Waals surface area (Å²) in [6.45, 7) is 12.6. The van der Waals surface area contributed by atoms with Gasteiger partial charge in [0.15, 0.2) is 0 Å². The molecule has 0 aromatic rings. The fraction of sp³-hybridized carbons (Fsp3) is 1.00. The van der Waals surface area contributed by atoms with Crippen LogP contribution in [-0.2, 0) is 18.3 Å². The third-order valence-electron chi connectivity index (χ3n) is 3.66. The van der Waals surface area contributed by atoms with Crippen LogP contribution in [0.4, 0.5) is 0 Å². The van der Waals surface area contributed by atoms with Crippen LogP contribution in [0.1, 0.15) is 34.1 Å². The van der Waals surface area contributed by atoms with Crippen molar-refractivity contribution in [1.29, 1.82) is 0 Å². The summed E-state index contributed by atoms with van der Waals surface area (Å²) in [5, 5.41) is 0. The molecular weight excluding hydrogens is 274 g/mol. The molecule has 0 bridgehead atoms. The number of rotatable bonds is 12. The Morgan fingerprint density at radius 1 is 0.950 bits per heavy atom. The van der Waals surface area contributed by atoms with Crippen LogP contribution in [0.15, 0.2) is 0 Å². The molecule has 0 N–H and O–H groups in total. The van der Waals surface area contributed by atoms with Gasteiger partial charge in [-0.1, -0.05) is 0 Å². The van der Waals surface area contributed by atoms with Crippen molar-refractivity contribution >= 4 is 8.56 Å². The SMILES string of the molecule is CCOC(C)N(CCC[Si](C)(OC)OC)C(C)OCC. The van der Waals surface area contributed by atoms with Gasteiger partial charge in [0.2, 0.25) is 0 Å². The Bertz CT molecular complexity index is 227. The molecule has 2 atom stereocenters. The van der Waals surface area contributed by atoms with Gasteiger partial charge in [-0.25, -0.2) is 0 Å². The summed E-state index contributed by atoms with van der Waals surface area (Å²) in [6.07, 6.45) is 1.12. The Labute approximate surface area is 125 Å². The van der Waals surface area contributed by atoms with Gasteiger partial charge >= 0.3 is 8.56 Å². The molecule has 0 heterocycles. The van der Waals surface area contributed by atoms with E-state index in [2.05, 4.69) is 25.3 Å². The largest absolute Gasteiger partial charge is 0.398 e. The molecule has 0 aromatic carbocycles. The summed E-state index contributed by atoms with van der Waals surface area (Å²) in [4.78, 5) is 2.24. The van der Waals surface area contributed by atoms with Crippen LogP contribution in [0, 0.1) is 0 Å². The van der Waals surface area contributed by atoms with E-state index in [0.717, 1.165) is 19.0 Å². The predicted molar refractivity (Wildman–Crippen MR) is 83.9 cm³/mol. The predicted octanol–water partition coefficient (Wildman–Crippen LogP) is 2.81. The minimum Gasteiger partial charge on any atom is -0.398 e. The average molecular weight is 308 g/mol. The summed E-state index contributed by atoms with van der Waals surface area (Å²) in [5.74, 6) is 0. The molecule has 0 aliphatic carbocycles. The van der Waals surface area contributed by atoms with Gasteiger partial charge in [0.25, 0.3) is 0 Å². The lowest BCUT2D eigenvalue weighted by Gasteiger charge is -2.34. The molecular formula is C14H33NO4Si. The van der Waals surface area contributed by atoms with Crippen molar-refractivity contribution in [2.75, 3.05) is 34.0 Å². The van der Waals surface area contributed by atoms with Crippen LogP contribution < -0.4 is 0 Å². The summed E-state index contributed by atoms with van der Waals surface area (Å²) in [7, 11) is 1.49. The van der Waals surface area contributed by atoms with Crippen molar-refractivity contribution in [3.05, 3.63) is 0 Å².